The van der Waals surface area contributed by atoms with E-state index in [1.54, 1.807) is 0 Å². The third-order valence-electron chi connectivity index (χ3n) is 3.13. The average Bonchev–Trinajstić information content (AvgIpc) is 2.82. The molecule has 0 spiro atoms. The van der Waals surface area contributed by atoms with Gasteiger partial charge in [-0.05, 0) is 40.2 Å². The Morgan fingerprint density at radius 3 is 3.00 bits per heavy atom. The van der Waals surface area contributed by atoms with Gasteiger partial charge in [-0.3, -0.25) is 9.69 Å². The number of nitrogens with zero attached hydrogens (tertiary/aromatic N) is 3. The first-order chi connectivity index (χ1) is 8.08. The van der Waals surface area contributed by atoms with Crippen LogP contribution >= 0.6 is 0 Å². The van der Waals surface area contributed by atoms with Crippen molar-refractivity contribution in [2.75, 3.05) is 6.54 Å². The van der Waals surface area contributed by atoms with Crippen molar-refractivity contribution < 1.29 is 9.32 Å². The molecule has 1 aromatic heterocycles. The second-order valence-electron chi connectivity index (χ2n) is 4.92. The highest BCUT2D eigenvalue weighted by Gasteiger charge is 2.32. The summed E-state index contributed by atoms with van der Waals surface area (Å²) in [7, 11) is 0. The van der Waals surface area contributed by atoms with Gasteiger partial charge in [-0.25, -0.2) is 0 Å². The normalized spacial score (nSPS) is 21.3. The van der Waals surface area contributed by atoms with Gasteiger partial charge in [0.05, 0.1) is 12.5 Å². The standard InChI is InChI=1S/C12H19N3O2/c1-8(2)15-6-4-5-10(15)12-13-11(14-17-12)7-9(3)16/h8,10H,4-7H2,1-3H3. The molecule has 1 saturated heterocycles. The van der Waals surface area contributed by atoms with E-state index < -0.39 is 0 Å². The maximum absolute atomic E-state index is 11.0. The fourth-order valence-electron chi connectivity index (χ4n) is 2.37. The molecular formula is C12H19N3O2. The van der Waals surface area contributed by atoms with Crippen molar-refractivity contribution in [2.24, 2.45) is 0 Å². The second kappa shape index (κ2) is 4.96. The summed E-state index contributed by atoms with van der Waals surface area (Å²) in [5, 5.41) is 3.86. The molecule has 1 fully saturated rings. The number of Topliss-reactive ketones (excluding diaryl/α,β-unsaturated/α-hetero) is 1. The van der Waals surface area contributed by atoms with Crippen molar-refractivity contribution in [2.45, 2.75) is 52.1 Å². The first-order valence-electron chi connectivity index (χ1n) is 6.15. The maximum atomic E-state index is 11.0. The molecule has 2 rings (SSSR count). The highest BCUT2D eigenvalue weighted by molar-refractivity contribution is 5.77. The average molecular weight is 237 g/mol. The third-order valence-corrected chi connectivity index (χ3v) is 3.13. The molecule has 94 valence electrons. The summed E-state index contributed by atoms with van der Waals surface area (Å²) in [6, 6.07) is 0.703. The lowest BCUT2D eigenvalue weighted by molar-refractivity contribution is -0.116. The van der Waals surface area contributed by atoms with Crippen LogP contribution in [0.25, 0.3) is 0 Å². The smallest absolute Gasteiger partial charge is 0.244 e. The lowest BCUT2D eigenvalue weighted by atomic mass is 10.2. The largest absolute Gasteiger partial charge is 0.338 e. The zero-order valence-electron chi connectivity index (χ0n) is 10.6. The van der Waals surface area contributed by atoms with E-state index in [1.165, 1.54) is 6.92 Å². The Labute approximate surface area is 101 Å². The molecule has 0 bridgehead atoms. The fourth-order valence-corrected chi connectivity index (χ4v) is 2.37. The van der Waals surface area contributed by atoms with Crippen LogP contribution in [0.2, 0.25) is 0 Å². The van der Waals surface area contributed by atoms with Gasteiger partial charge in [0.2, 0.25) is 5.89 Å². The van der Waals surface area contributed by atoms with Crippen LogP contribution in [-0.2, 0) is 11.2 Å². The Kier molecular flexibility index (Phi) is 3.57. The Balaban J connectivity index is 2.11. The third kappa shape index (κ3) is 2.72. The molecule has 1 unspecified atom stereocenters. The molecular weight excluding hydrogens is 218 g/mol. The summed E-state index contributed by atoms with van der Waals surface area (Å²) in [4.78, 5) is 17.7. The van der Waals surface area contributed by atoms with Gasteiger partial charge in [0.1, 0.15) is 5.78 Å². The van der Waals surface area contributed by atoms with E-state index in [0.29, 0.717) is 17.8 Å². The number of carbonyl (C=O) groups excluding carboxylic acids is 1. The predicted molar refractivity (Wildman–Crippen MR) is 62.5 cm³/mol. The van der Waals surface area contributed by atoms with Gasteiger partial charge in [-0.2, -0.15) is 4.98 Å². The molecule has 0 N–H and O–H groups in total. The van der Waals surface area contributed by atoms with E-state index in [1.807, 2.05) is 0 Å². The Morgan fingerprint density at radius 2 is 2.35 bits per heavy atom. The van der Waals surface area contributed by atoms with E-state index in [-0.39, 0.29) is 18.2 Å². The molecule has 0 saturated carbocycles. The van der Waals surface area contributed by atoms with Crippen LogP contribution in [0.3, 0.4) is 0 Å². The van der Waals surface area contributed by atoms with Crippen molar-refractivity contribution in [1.29, 1.82) is 0 Å². The molecule has 1 aliphatic heterocycles. The Hall–Kier alpha value is -1.23. The monoisotopic (exact) mass is 237 g/mol. The zero-order valence-corrected chi connectivity index (χ0v) is 10.6. The summed E-state index contributed by atoms with van der Waals surface area (Å²) in [5.74, 6) is 1.22. The van der Waals surface area contributed by atoms with Crippen LogP contribution in [0.4, 0.5) is 0 Å². The lowest BCUT2D eigenvalue weighted by Gasteiger charge is -2.25. The van der Waals surface area contributed by atoms with E-state index >= 15 is 0 Å². The van der Waals surface area contributed by atoms with Gasteiger partial charge < -0.3 is 4.52 Å². The van der Waals surface area contributed by atoms with Gasteiger partial charge in [0.15, 0.2) is 5.82 Å². The van der Waals surface area contributed by atoms with Crippen LogP contribution in [-0.4, -0.2) is 33.4 Å². The van der Waals surface area contributed by atoms with Gasteiger partial charge in [-0.1, -0.05) is 5.16 Å². The van der Waals surface area contributed by atoms with Crippen LogP contribution in [0.1, 0.15) is 51.4 Å². The molecule has 5 heteroatoms. The van der Waals surface area contributed by atoms with Gasteiger partial charge in [0, 0.05) is 6.04 Å². The summed E-state index contributed by atoms with van der Waals surface area (Å²) in [6.45, 7) is 6.95. The molecule has 0 aliphatic carbocycles. The van der Waals surface area contributed by atoms with Gasteiger partial charge in [0.25, 0.3) is 0 Å². The molecule has 1 aliphatic rings. The fraction of sp³-hybridized carbons (Fsp3) is 0.750. The highest BCUT2D eigenvalue weighted by atomic mass is 16.5. The number of aromatic nitrogens is 2. The number of hydrogen-bond donors (Lipinski definition) is 0. The number of carbonyl (C=O) groups is 1. The Morgan fingerprint density at radius 1 is 1.59 bits per heavy atom. The number of ketones is 1. The van der Waals surface area contributed by atoms with E-state index in [4.69, 9.17) is 4.52 Å². The topological polar surface area (TPSA) is 59.2 Å². The summed E-state index contributed by atoms with van der Waals surface area (Å²) in [5.41, 5.74) is 0. The minimum Gasteiger partial charge on any atom is -0.338 e. The molecule has 0 amide bonds. The molecule has 1 aromatic rings. The summed E-state index contributed by atoms with van der Waals surface area (Å²) in [6.07, 6.45) is 2.48. The van der Waals surface area contributed by atoms with E-state index in [2.05, 4.69) is 28.9 Å². The molecule has 5 nitrogen and oxygen atoms in total. The SMILES string of the molecule is CC(=O)Cc1noc(C2CCCN2C(C)C)n1. The van der Waals surface area contributed by atoms with Crippen molar-refractivity contribution in [3.05, 3.63) is 11.7 Å². The minimum absolute atomic E-state index is 0.0597. The second-order valence-corrected chi connectivity index (χ2v) is 4.92. The van der Waals surface area contributed by atoms with Crippen molar-refractivity contribution in [1.82, 2.24) is 15.0 Å². The Bertz CT molecular complexity index is 400. The quantitative estimate of drug-likeness (QED) is 0.798. The summed E-state index contributed by atoms with van der Waals surface area (Å²) >= 11 is 0. The molecule has 0 aromatic carbocycles. The molecule has 2 heterocycles. The zero-order chi connectivity index (χ0) is 12.4. The van der Waals surface area contributed by atoms with Gasteiger partial charge >= 0.3 is 0 Å². The first kappa shape index (κ1) is 12.2. The van der Waals surface area contributed by atoms with Crippen molar-refractivity contribution in [3.8, 4) is 0 Å². The molecule has 0 radical (unpaired) electrons. The van der Waals surface area contributed by atoms with Crippen LogP contribution in [0, 0.1) is 0 Å². The summed E-state index contributed by atoms with van der Waals surface area (Å²) < 4.78 is 5.27. The highest BCUT2D eigenvalue weighted by Crippen LogP contribution is 2.32. The van der Waals surface area contributed by atoms with E-state index in [9.17, 15) is 4.79 Å². The van der Waals surface area contributed by atoms with Crippen LogP contribution < -0.4 is 0 Å². The van der Waals surface area contributed by atoms with Crippen molar-refractivity contribution in [3.63, 3.8) is 0 Å². The minimum atomic E-state index is 0.0597. The maximum Gasteiger partial charge on any atom is 0.244 e. The van der Waals surface area contributed by atoms with Crippen LogP contribution in [0.15, 0.2) is 4.52 Å². The number of hydrogen-bond acceptors (Lipinski definition) is 5. The molecule has 17 heavy (non-hydrogen) atoms. The predicted octanol–water partition coefficient (Wildman–Crippen LogP) is 1.75. The van der Waals surface area contributed by atoms with Crippen LogP contribution in [0.5, 0.6) is 0 Å². The molecule has 1 atom stereocenters. The number of likely N-dealkylation sites (tertiary alicyclic amines) is 1. The first-order valence-corrected chi connectivity index (χ1v) is 6.15. The number of rotatable bonds is 4. The van der Waals surface area contributed by atoms with E-state index in [0.717, 1.165) is 19.4 Å². The van der Waals surface area contributed by atoms with Gasteiger partial charge in [-0.15, -0.1) is 0 Å². The van der Waals surface area contributed by atoms with Crippen molar-refractivity contribution >= 4 is 5.78 Å². The lowest BCUT2D eigenvalue weighted by Crippen LogP contribution is -2.30.